The van der Waals surface area contributed by atoms with E-state index in [0.717, 1.165) is 64.0 Å². The van der Waals surface area contributed by atoms with Crippen LogP contribution in [-0.4, -0.2) is 58.6 Å². The number of allylic oxidation sites excluding steroid dienone is 2. The van der Waals surface area contributed by atoms with Crippen LogP contribution in [0.3, 0.4) is 0 Å². The van der Waals surface area contributed by atoms with Crippen LogP contribution < -0.4 is 0 Å². The van der Waals surface area contributed by atoms with Gasteiger partial charge in [-0.25, -0.2) is 0 Å². The fourth-order valence-corrected chi connectivity index (χ4v) is 4.07. The van der Waals surface area contributed by atoms with Crippen molar-refractivity contribution in [3.8, 4) is 11.4 Å². The lowest BCUT2D eigenvalue weighted by molar-refractivity contribution is -0.133. The number of benzene rings is 1. The van der Waals surface area contributed by atoms with Gasteiger partial charge in [0.2, 0.25) is 17.6 Å². The van der Waals surface area contributed by atoms with Gasteiger partial charge in [-0.1, -0.05) is 47.1 Å². The lowest BCUT2D eigenvalue weighted by Crippen LogP contribution is -2.49. The molecule has 6 heteroatoms. The van der Waals surface area contributed by atoms with Crippen molar-refractivity contribution in [1.82, 2.24) is 19.9 Å². The zero-order valence-corrected chi connectivity index (χ0v) is 17.2. The third-order valence-electron chi connectivity index (χ3n) is 5.92. The summed E-state index contributed by atoms with van der Waals surface area (Å²) in [7, 11) is 0. The van der Waals surface area contributed by atoms with Crippen LogP contribution in [0, 0.1) is 12.8 Å². The van der Waals surface area contributed by atoms with Crippen molar-refractivity contribution >= 4 is 5.91 Å². The van der Waals surface area contributed by atoms with E-state index in [9.17, 15) is 4.79 Å². The Morgan fingerprint density at radius 2 is 1.97 bits per heavy atom. The Bertz CT molecular complexity index is 835. The van der Waals surface area contributed by atoms with E-state index >= 15 is 0 Å². The number of aromatic nitrogens is 2. The van der Waals surface area contributed by atoms with Gasteiger partial charge in [0.25, 0.3) is 0 Å². The van der Waals surface area contributed by atoms with Crippen LogP contribution in [0.1, 0.15) is 37.1 Å². The molecule has 154 valence electrons. The molecule has 0 saturated carbocycles. The van der Waals surface area contributed by atoms with Crippen molar-refractivity contribution in [2.75, 3.05) is 32.7 Å². The molecular formula is C23H30N4O2. The van der Waals surface area contributed by atoms with Gasteiger partial charge in [0, 0.05) is 44.6 Å². The van der Waals surface area contributed by atoms with Crippen LogP contribution in [-0.2, 0) is 11.2 Å². The smallest absolute Gasteiger partial charge is 0.227 e. The summed E-state index contributed by atoms with van der Waals surface area (Å²) in [6.07, 6.45) is 9.10. The summed E-state index contributed by atoms with van der Waals surface area (Å²) in [5, 5.41) is 4.10. The highest BCUT2D eigenvalue weighted by Crippen LogP contribution is 2.22. The molecule has 0 bridgehead atoms. The second-order valence-corrected chi connectivity index (χ2v) is 8.17. The Hall–Kier alpha value is -2.47. The number of piperazine rings is 1. The Kier molecular flexibility index (Phi) is 6.39. The van der Waals surface area contributed by atoms with Gasteiger partial charge in [0.15, 0.2) is 0 Å². The molecule has 1 atom stereocenters. The van der Waals surface area contributed by atoms with Crippen LogP contribution in [0.4, 0.5) is 0 Å². The first-order valence-electron chi connectivity index (χ1n) is 10.7. The first kappa shape index (κ1) is 19.8. The molecule has 2 aromatic rings. The van der Waals surface area contributed by atoms with Crippen LogP contribution >= 0.6 is 0 Å². The monoisotopic (exact) mass is 394 g/mol. The predicted octanol–water partition coefficient (Wildman–Crippen LogP) is 3.48. The minimum absolute atomic E-state index is 0.315. The zero-order valence-electron chi connectivity index (χ0n) is 17.2. The van der Waals surface area contributed by atoms with E-state index in [1.807, 2.05) is 17.0 Å². The highest BCUT2D eigenvalue weighted by atomic mass is 16.5. The van der Waals surface area contributed by atoms with Gasteiger partial charge in [-0.2, -0.15) is 4.98 Å². The van der Waals surface area contributed by atoms with Crippen molar-refractivity contribution in [3.63, 3.8) is 0 Å². The zero-order chi connectivity index (χ0) is 20.1. The number of aryl methyl sites for hydroxylation is 2. The SMILES string of the molecule is Cc1ccc(-c2noc(CCCN3CCN(C(=O)CC4C=CCC4)CC3)n2)cc1. The van der Waals surface area contributed by atoms with Crippen molar-refractivity contribution < 1.29 is 9.32 Å². The second-order valence-electron chi connectivity index (χ2n) is 8.17. The summed E-state index contributed by atoms with van der Waals surface area (Å²) in [6.45, 7) is 6.64. The molecule has 6 nitrogen and oxygen atoms in total. The van der Waals surface area contributed by atoms with E-state index in [4.69, 9.17) is 4.52 Å². The Morgan fingerprint density at radius 3 is 2.69 bits per heavy atom. The van der Waals surface area contributed by atoms with Crippen molar-refractivity contribution in [1.29, 1.82) is 0 Å². The summed E-state index contributed by atoms with van der Waals surface area (Å²) in [5.74, 6) is 2.12. The van der Waals surface area contributed by atoms with E-state index in [1.165, 1.54) is 5.56 Å². The number of amides is 1. The van der Waals surface area contributed by atoms with Crippen LogP contribution in [0.5, 0.6) is 0 Å². The van der Waals surface area contributed by atoms with Gasteiger partial charge in [-0.3, -0.25) is 9.69 Å². The number of hydrogen-bond donors (Lipinski definition) is 0. The molecule has 2 heterocycles. The molecule has 1 aromatic carbocycles. The number of carbonyl (C=O) groups excluding carboxylic acids is 1. The number of carbonyl (C=O) groups is 1. The first-order valence-corrected chi connectivity index (χ1v) is 10.7. The molecule has 4 rings (SSSR count). The summed E-state index contributed by atoms with van der Waals surface area (Å²) in [6, 6.07) is 8.15. The normalized spacial score (nSPS) is 19.8. The molecule has 1 aliphatic carbocycles. The second kappa shape index (κ2) is 9.35. The van der Waals surface area contributed by atoms with Gasteiger partial charge in [-0.05, 0) is 38.6 Å². The molecule has 1 saturated heterocycles. The summed E-state index contributed by atoms with van der Waals surface area (Å²) >= 11 is 0. The van der Waals surface area contributed by atoms with Gasteiger partial charge < -0.3 is 9.42 Å². The van der Waals surface area contributed by atoms with Gasteiger partial charge in [-0.15, -0.1) is 0 Å². The lowest BCUT2D eigenvalue weighted by atomic mass is 10.0. The fraction of sp³-hybridized carbons (Fsp3) is 0.522. The molecule has 0 N–H and O–H groups in total. The predicted molar refractivity (Wildman–Crippen MR) is 112 cm³/mol. The van der Waals surface area contributed by atoms with E-state index in [2.05, 4.69) is 46.2 Å². The lowest BCUT2D eigenvalue weighted by Gasteiger charge is -2.35. The molecule has 1 fully saturated rings. The Labute approximate surface area is 172 Å². The molecule has 1 amide bonds. The number of nitrogens with zero attached hydrogens (tertiary/aromatic N) is 4. The maximum atomic E-state index is 12.4. The maximum Gasteiger partial charge on any atom is 0.227 e. The van der Waals surface area contributed by atoms with Crippen LogP contribution in [0.15, 0.2) is 40.9 Å². The third-order valence-corrected chi connectivity index (χ3v) is 5.92. The maximum absolute atomic E-state index is 12.4. The van der Waals surface area contributed by atoms with Crippen LogP contribution in [0.25, 0.3) is 11.4 Å². The van der Waals surface area contributed by atoms with Crippen molar-refractivity contribution in [2.45, 2.75) is 39.0 Å². The number of rotatable bonds is 7. The first-order chi connectivity index (χ1) is 14.2. The molecule has 1 aromatic heterocycles. The van der Waals surface area contributed by atoms with Crippen molar-refractivity contribution in [3.05, 3.63) is 47.9 Å². The summed E-state index contributed by atoms with van der Waals surface area (Å²) in [5.41, 5.74) is 2.20. The van der Waals surface area contributed by atoms with Gasteiger partial charge in [0.05, 0.1) is 0 Å². The molecule has 1 aliphatic heterocycles. The van der Waals surface area contributed by atoms with Gasteiger partial charge >= 0.3 is 0 Å². The van der Waals surface area contributed by atoms with Gasteiger partial charge in [0.1, 0.15) is 0 Å². The van der Waals surface area contributed by atoms with E-state index in [-0.39, 0.29) is 0 Å². The minimum Gasteiger partial charge on any atom is -0.340 e. The molecule has 0 spiro atoms. The minimum atomic E-state index is 0.315. The summed E-state index contributed by atoms with van der Waals surface area (Å²) < 4.78 is 5.41. The Morgan fingerprint density at radius 1 is 1.17 bits per heavy atom. The highest BCUT2D eigenvalue weighted by molar-refractivity contribution is 5.76. The average Bonchev–Trinajstić information content (AvgIpc) is 3.41. The van der Waals surface area contributed by atoms with E-state index in [0.29, 0.717) is 30.0 Å². The fourth-order valence-electron chi connectivity index (χ4n) is 4.07. The molecule has 29 heavy (non-hydrogen) atoms. The van der Waals surface area contributed by atoms with E-state index in [1.54, 1.807) is 0 Å². The average molecular weight is 395 g/mol. The third kappa shape index (κ3) is 5.32. The largest absolute Gasteiger partial charge is 0.340 e. The summed E-state index contributed by atoms with van der Waals surface area (Å²) in [4.78, 5) is 21.4. The molecule has 2 aliphatic rings. The quantitative estimate of drug-likeness (QED) is 0.673. The van der Waals surface area contributed by atoms with E-state index < -0.39 is 0 Å². The standard InChI is InChI=1S/C23H30N4O2/c1-18-8-10-20(11-9-18)23-24-21(29-25-23)7-4-12-26-13-15-27(16-14-26)22(28)17-19-5-2-3-6-19/h2,5,8-11,19H,3-4,6-7,12-17H2,1H3. The molecular weight excluding hydrogens is 364 g/mol. The van der Waals surface area contributed by atoms with Crippen LogP contribution in [0.2, 0.25) is 0 Å². The molecule has 0 radical (unpaired) electrons. The molecule has 1 unspecified atom stereocenters. The highest BCUT2D eigenvalue weighted by Gasteiger charge is 2.23. The topological polar surface area (TPSA) is 62.5 Å². The Balaban J connectivity index is 1.17. The number of hydrogen-bond acceptors (Lipinski definition) is 5. The van der Waals surface area contributed by atoms with Crippen molar-refractivity contribution in [2.24, 2.45) is 5.92 Å².